The highest BCUT2D eigenvalue weighted by atomic mass is 32.2. The van der Waals surface area contributed by atoms with Crippen LogP contribution in [-0.4, -0.2) is 42.9 Å². The number of carbonyl (C=O) groups is 1. The largest absolute Gasteiger partial charge is 0.343 e. The van der Waals surface area contributed by atoms with Gasteiger partial charge in [-0.25, -0.2) is 17.5 Å². The molecule has 3 rings (SSSR count). The summed E-state index contributed by atoms with van der Waals surface area (Å²) in [5, 5.41) is 1.77. The Morgan fingerprint density at radius 2 is 1.89 bits per heavy atom. The van der Waals surface area contributed by atoms with Crippen molar-refractivity contribution in [2.24, 2.45) is 0 Å². The van der Waals surface area contributed by atoms with Crippen molar-refractivity contribution in [3.8, 4) is 0 Å². The molecule has 1 N–H and O–H groups in total. The quantitative estimate of drug-likeness (QED) is 0.760. The van der Waals surface area contributed by atoms with Crippen molar-refractivity contribution < 1.29 is 17.6 Å². The van der Waals surface area contributed by atoms with Crippen molar-refractivity contribution in [3.63, 3.8) is 0 Å². The Bertz CT molecular complexity index is 991. The topological polar surface area (TPSA) is 88.5 Å². The zero-order valence-electron chi connectivity index (χ0n) is 15.4. The molecule has 0 atom stereocenters. The van der Waals surface area contributed by atoms with E-state index in [2.05, 4.69) is 4.72 Å². The Morgan fingerprint density at radius 3 is 2.46 bits per heavy atom. The van der Waals surface area contributed by atoms with E-state index in [-0.39, 0.29) is 28.1 Å². The Morgan fingerprint density at radius 1 is 1.25 bits per heavy atom. The van der Waals surface area contributed by atoms with E-state index in [1.54, 1.807) is 14.8 Å². The van der Waals surface area contributed by atoms with Crippen molar-refractivity contribution in [1.82, 2.24) is 14.2 Å². The first-order chi connectivity index (χ1) is 13.3. The molecule has 0 bridgehead atoms. The summed E-state index contributed by atoms with van der Waals surface area (Å²) in [6.45, 7) is 3.09. The number of carbonyl (C=O) groups excluding carboxylic acids is 1. The predicted molar refractivity (Wildman–Crippen MR) is 104 cm³/mol. The standard InChI is InChI=1S/C18H22FN3O4S2/c1-13-12-27-18(24)22(13)11-8-17(23)21-9-6-15(7-10-21)20-28(25,26)16-4-2-14(19)3-5-16/h2-5,12,15,20H,6-11H2,1H3. The van der Waals surface area contributed by atoms with Crippen molar-refractivity contribution in [2.75, 3.05) is 13.1 Å². The number of rotatable bonds is 6. The molecule has 0 spiro atoms. The van der Waals surface area contributed by atoms with Crippen LogP contribution < -0.4 is 9.60 Å². The average molecular weight is 428 g/mol. The Hall–Kier alpha value is -2.04. The van der Waals surface area contributed by atoms with Crippen LogP contribution in [0.4, 0.5) is 4.39 Å². The molecule has 2 aromatic rings. The lowest BCUT2D eigenvalue weighted by molar-refractivity contribution is -0.132. The minimum absolute atomic E-state index is 0.0176. The molecular formula is C18H22FN3O4S2. The second-order valence-corrected chi connectivity index (χ2v) is 9.31. The molecule has 152 valence electrons. The molecule has 1 aliphatic heterocycles. The van der Waals surface area contributed by atoms with Gasteiger partial charge in [-0.1, -0.05) is 11.3 Å². The number of hydrogen-bond donors (Lipinski definition) is 1. The van der Waals surface area contributed by atoms with Gasteiger partial charge in [0.25, 0.3) is 0 Å². The van der Waals surface area contributed by atoms with Crippen molar-refractivity contribution in [1.29, 1.82) is 0 Å². The number of sulfonamides is 1. The minimum atomic E-state index is -3.72. The maximum atomic E-state index is 13.0. The summed E-state index contributed by atoms with van der Waals surface area (Å²) < 4.78 is 42.0. The molecule has 0 radical (unpaired) electrons. The highest BCUT2D eigenvalue weighted by Gasteiger charge is 2.26. The molecule has 0 aliphatic carbocycles. The number of piperidine rings is 1. The SMILES string of the molecule is Cc1csc(=O)n1CCC(=O)N1CCC(NS(=O)(=O)c2ccc(F)cc2)CC1. The van der Waals surface area contributed by atoms with E-state index >= 15 is 0 Å². The summed E-state index contributed by atoms with van der Waals surface area (Å²) in [6.07, 6.45) is 1.25. The molecular weight excluding hydrogens is 405 g/mol. The summed E-state index contributed by atoms with van der Waals surface area (Å²) in [4.78, 5) is 25.8. The van der Waals surface area contributed by atoms with Gasteiger partial charge in [-0.05, 0) is 44.0 Å². The highest BCUT2D eigenvalue weighted by Crippen LogP contribution is 2.16. The van der Waals surface area contributed by atoms with Crippen LogP contribution in [0.5, 0.6) is 0 Å². The van der Waals surface area contributed by atoms with E-state index in [0.717, 1.165) is 29.2 Å². The van der Waals surface area contributed by atoms with Crippen LogP contribution in [0.2, 0.25) is 0 Å². The van der Waals surface area contributed by atoms with Gasteiger partial charge in [0, 0.05) is 43.2 Å². The third-order valence-electron chi connectivity index (χ3n) is 4.82. The minimum Gasteiger partial charge on any atom is -0.343 e. The number of amides is 1. The fraction of sp³-hybridized carbons (Fsp3) is 0.444. The summed E-state index contributed by atoms with van der Waals surface area (Å²) in [5.41, 5.74) is 0.844. The van der Waals surface area contributed by atoms with Gasteiger partial charge in [-0.3, -0.25) is 9.59 Å². The lowest BCUT2D eigenvalue weighted by Gasteiger charge is -2.32. The van der Waals surface area contributed by atoms with Gasteiger partial charge in [0.05, 0.1) is 4.90 Å². The molecule has 0 saturated carbocycles. The van der Waals surface area contributed by atoms with Gasteiger partial charge in [0.2, 0.25) is 15.9 Å². The number of halogens is 1. The molecule has 2 heterocycles. The van der Waals surface area contributed by atoms with Crippen LogP contribution in [0.15, 0.2) is 39.3 Å². The molecule has 0 unspecified atom stereocenters. The predicted octanol–water partition coefficient (Wildman–Crippen LogP) is 1.72. The summed E-state index contributed by atoms with van der Waals surface area (Å²) in [6, 6.07) is 4.39. The molecule has 1 amide bonds. The van der Waals surface area contributed by atoms with Gasteiger partial charge >= 0.3 is 4.87 Å². The summed E-state index contributed by atoms with van der Waals surface area (Å²) in [5.74, 6) is -0.539. The van der Waals surface area contributed by atoms with Crippen molar-refractivity contribution in [2.45, 2.75) is 43.7 Å². The second kappa shape index (κ2) is 8.54. The summed E-state index contributed by atoms with van der Waals surface area (Å²) >= 11 is 1.12. The molecule has 1 aliphatic rings. The van der Waals surface area contributed by atoms with E-state index in [0.29, 0.717) is 32.5 Å². The van der Waals surface area contributed by atoms with E-state index in [1.807, 2.05) is 6.92 Å². The highest BCUT2D eigenvalue weighted by molar-refractivity contribution is 7.89. The van der Waals surface area contributed by atoms with E-state index in [9.17, 15) is 22.4 Å². The zero-order chi connectivity index (χ0) is 20.3. The van der Waals surface area contributed by atoms with E-state index in [4.69, 9.17) is 0 Å². The molecule has 10 heteroatoms. The van der Waals surface area contributed by atoms with Gasteiger partial charge in [0.1, 0.15) is 5.82 Å². The average Bonchev–Trinajstić information content (AvgIpc) is 2.98. The number of nitrogens with zero attached hydrogens (tertiary/aromatic N) is 2. The number of nitrogens with one attached hydrogen (secondary N) is 1. The Balaban J connectivity index is 1.50. The van der Waals surface area contributed by atoms with Gasteiger partial charge in [-0.2, -0.15) is 0 Å². The van der Waals surface area contributed by atoms with Crippen LogP contribution in [-0.2, 0) is 21.4 Å². The second-order valence-electron chi connectivity index (χ2n) is 6.77. The number of aryl methyl sites for hydroxylation is 1. The molecule has 7 nitrogen and oxygen atoms in total. The lowest BCUT2D eigenvalue weighted by Crippen LogP contribution is -2.46. The first kappa shape index (κ1) is 20.7. The maximum Gasteiger partial charge on any atom is 0.307 e. The molecule has 1 fully saturated rings. The fourth-order valence-electron chi connectivity index (χ4n) is 3.19. The first-order valence-electron chi connectivity index (χ1n) is 8.97. The molecule has 1 saturated heterocycles. The summed E-state index contributed by atoms with van der Waals surface area (Å²) in [7, 11) is -3.72. The van der Waals surface area contributed by atoms with Crippen LogP contribution in [0, 0.1) is 12.7 Å². The van der Waals surface area contributed by atoms with Crippen molar-refractivity contribution in [3.05, 3.63) is 50.8 Å². The lowest BCUT2D eigenvalue weighted by atomic mass is 10.1. The van der Waals surface area contributed by atoms with E-state index < -0.39 is 15.8 Å². The Kier molecular flexibility index (Phi) is 6.31. The Labute approximate surface area is 166 Å². The monoisotopic (exact) mass is 427 g/mol. The van der Waals surface area contributed by atoms with E-state index in [1.165, 1.54) is 12.1 Å². The van der Waals surface area contributed by atoms with Crippen LogP contribution in [0.3, 0.4) is 0 Å². The number of likely N-dealkylation sites (tertiary alicyclic amines) is 1. The third kappa shape index (κ3) is 4.86. The normalized spacial score (nSPS) is 15.7. The number of thiazole rings is 1. The number of benzene rings is 1. The van der Waals surface area contributed by atoms with Gasteiger partial charge < -0.3 is 9.47 Å². The molecule has 1 aromatic carbocycles. The number of hydrogen-bond acceptors (Lipinski definition) is 5. The third-order valence-corrected chi connectivity index (χ3v) is 7.24. The smallest absolute Gasteiger partial charge is 0.307 e. The zero-order valence-corrected chi connectivity index (χ0v) is 17.1. The first-order valence-corrected chi connectivity index (χ1v) is 11.3. The van der Waals surface area contributed by atoms with Crippen LogP contribution in [0.1, 0.15) is 25.0 Å². The molecule has 28 heavy (non-hydrogen) atoms. The van der Waals surface area contributed by atoms with Crippen LogP contribution in [0.25, 0.3) is 0 Å². The van der Waals surface area contributed by atoms with Gasteiger partial charge in [0.15, 0.2) is 0 Å². The molecule has 1 aromatic heterocycles. The number of aromatic nitrogens is 1. The fourth-order valence-corrected chi connectivity index (χ4v) is 5.25. The van der Waals surface area contributed by atoms with Crippen LogP contribution >= 0.6 is 11.3 Å². The van der Waals surface area contributed by atoms with Crippen molar-refractivity contribution >= 4 is 27.3 Å². The van der Waals surface area contributed by atoms with Gasteiger partial charge in [-0.15, -0.1) is 0 Å². The maximum absolute atomic E-state index is 13.0.